The molecule has 0 atom stereocenters. The molecule has 45 heavy (non-hydrogen) atoms. The lowest BCUT2D eigenvalue weighted by Crippen LogP contribution is -2.20. The van der Waals surface area contributed by atoms with Crippen LogP contribution in [0.1, 0.15) is 62.4 Å². The highest BCUT2D eigenvalue weighted by molar-refractivity contribution is 7.20. The SMILES string of the molecule is CCn1nc(C)cc1C(=O)Nc1nc2cc(C(N)=O)ccc2n1CCCOc1cc2cc(C(=O)CCC(=O)O)sc2cc1OC. The highest BCUT2D eigenvalue weighted by Crippen LogP contribution is 2.37. The molecule has 234 valence electrons. The largest absolute Gasteiger partial charge is 0.493 e. The van der Waals surface area contributed by atoms with Gasteiger partial charge in [0.2, 0.25) is 11.9 Å². The number of hydrogen-bond donors (Lipinski definition) is 3. The van der Waals surface area contributed by atoms with E-state index in [1.807, 2.05) is 18.4 Å². The molecule has 2 aromatic carbocycles. The summed E-state index contributed by atoms with van der Waals surface area (Å²) in [4.78, 5) is 53.4. The van der Waals surface area contributed by atoms with Gasteiger partial charge in [0.1, 0.15) is 5.69 Å². The van der Waals surface area contributed by atoms with Crippen LogP contribution in [-0.2, 0) is 17.9 Å². The van der Waals surface area contributed by atoms with E-state index >= 15 is 0 Å². The molecule has 0 spiro atoms. The van der Waals surface area contributed by atoms with E-state index in [2.05, 4.69) is 15.4 Å². The van der Waals surface area contributed by atoms with Crippen molar-refractivity contribution in [2.75, 3.05) is 19.0 Å². The molecule has 0 fully saturated rings. The van der Waals surface area contributed by atoms with Gasteiger partial charge in [0.15, 0.2) is 17.3 Å². The number of carbonyl (C=O) groups is 4. The van der Waals surface area contributed by atoms with Gasteiger partial charge in [-0.25, -0.2) is 4.98 Å². The number of thiophene rings is 1. The Morgan fingerprint density at radius 3 is 2.58 bits per heavy atom. The summed E-state index contributed by atoms with van der Waals surface area (Å²) in [7, 11) is 1.53. The first-order valence-electron chi connectivity index (χ1n) is 14.2. The number of carboxylic acid groups (broad SMARTS) is 1. The van der Waals surface area contributed by atoms with Crippen molar-refractivity contribution in [1.29, 1.82) is 0 Å². The number of carboxylic acids is 1. The van der Waals surface area contributed by atoms with Gasteiger partial charge in [0, 0.05) is 35.8 Å². The Labute approximate surface area is 261 Å². The van der Waals surface area contributed by atoms with Crippen LogP contribution in [0.3, 0.4) is 0 Å². The quantitative estimate of drug-likeness (QED) is 0.116. The Balaban J connectivity index is 1.34. The molecule has 2 amide bonds. The number of imidazole rings is 1. The molecule has 0 aliphatic heterocycles. The van der Waals surface area contributed by atoms with Crippen LogP contribution in [-0.4, -0.2) is 61.7 Å². The first-order chi connectivity index (χ1) is 21.6. The summed E-state index contributed by atoms with van der Waals surface area (Å²) in [5.74, 6) is -0.906. The predicted octanol–water partition coefficient (Wildman–Crippen LogP) is 4.65. The number of primary amides is 1. The Bertz CT molecular complexity index is 1940. The highest BCUT2D eigenvalue weighted by atomic mass is 32.1. The zero-order chi connectivity index (χ0) is 32.2. The minimum absolute atomic E-state index is 0.0697. The third kappa shape index (κ3) is 6.80. The van der Waals surface area contributed by atoms with Crippen molar-refractivity contribution < 1.29 is 33.8 Å². The van der Waals surface area contributed by atoms with E-state index in [0.29, 0.717) is 64.1 Å². The third-order valence-corrected chi connectivity index (χ3v) is 8.26. The molecule has 5 rings (SSSR count). The van der Waals surface area contributed by atoms with Crippen LogP contribution in [0.2, 0.25) is 0 Å². The first kappa shape index (κ1) is 31.2. The second kappa shape index (κ2) is 13.2. The number of hydrogen-bond acceptors (Lipinski definition) is 9. The van der Waals surface area contributed by atoms with E-state index in [1.165, 1.54) is 18.4 Å². The number of nitrogens with zero attached hydrogens (tertiary/aromatic N) is 4. The number of fused-ring (bicyclic) bond motifs is 2. The van der Waals surface area contributed by atoms with Crippen molar-refractivity contribution in [3.05, 3.63) is 64.3 Å². The van der Waals surface area contributed by atoms with Gasteiger partial charge in [-0.15, -0.1) is 11.3 Å². The lowest BCUT2D eigenvalue weighted by molar-refractivity contribution is -0.136. The summed E-state index contributed by atoms with van der Waals surface area (Å²) in [6.45, 7) is 4.94. The van der Waals surface area contributed by atoms with Crippen molar-refractivity contribution in [3.8, 4) is 11.5 Å². The smallest absolute Gasteiger partial charge is 0.303 e. The predicted molar refractivity (Wildman–Crippen MR) is 169 cm³/mol. The number of amides is 2. The van der Waals surface area contributed by atoms with Crippen molar-refractivity contribution in [2.24, 2.45) is 5.73 Å². The number of anilines is 1. The van der Waals surface area contributed by atoms with Crippen molar-refractivity contribution in [1.82, 2.24) is 19.3 Å². The van der Waals surface area contributed by atoms with Crippen LogP contribution in [0.15, 0.2) is 42.5 Å². The minimum Gasteiger partial charge on any atom is -0.493 e. The number of benzene rings is 2. The maximum absolute atomic E-state index is 13.2. The van der Waals surface area contributed by atoms with Crippen LogP contribution in [0.4, 0.5) is 5.95 Å². The van der Waals surface area contributed by atoms with Gasteiger partial charge in [-0.2, -0.15) is 5.10 Å². The normalized spacial score (nSPS) is 11.2. The van der Waals surface area contributed by atoms with Crippen LogP contribution >= 0.6 is 11.3 Å². The van der Waals surface area contributed by atoms with Gasteiger partial charge in [0.25, 0.3) is 5.91 Å². The highest BCUT2D eigenvalue weighted by Gasteiger charge is 2.19. The summed E-state index contributed by atoms with van der Waals surface area (Å²) >= 11 is 1.28. The minimum atomic E-state index is -1.02. The number of nitrogens with one attached hydrogen (secondary N) is 1. The molecule has 3 heterocycles. The summed E-state index contributed by atoms with van der Waals surface area (Å²) in [6, 6.07) is 12.0. The number of ether oxygens (including phenoxy) is 2. The maximum atomic E-state index is 13.2. The summed E-state index contributed by atoms with van der Waals surface area (Å²) < 4.78 is 15.9. The summed E-state index contributed by atoms with van der Waals surface area (Å²) in [5, 5.41) is 16.9. The van der Waals surface area contributed by atoms with Gasteiger partial charge < -0.3 is 24.9 Å². The van der Waals surface area contributed by atoms with Crippen LogP contribution < -0.4 is 20.5 Å². The van der Waals surface area contributed by atoms with E-state index < -0.39 is 11.9 Å². The molecule has 3 aromatic heterocycles. The number of aryl methyl sites for hydroxylation is 3. The van der Waals surface area contributed by atoms with E-state index in [-0.39, 0.29) is 31.1 Å². The number of nitrogens with two attached hydrogens (primary N) is 1. The molecular weight excluding hydrogens is 600 g/mol. The number of aromatic nitrogens is 4. The average molecular weight is 633 g/mol. The Morgan fingerprint density at radius 1 is 1.07 bits per heavy atom. The Kier molecular flexibility index (Phi) is 9.13. The van der Waals surface area contributed by atoms with Gasteiger partial charge in [-0.1, -0.05) is 0 Å². The molecule has 14 heteroatoms. The average Bonchev–Trinajstić information content (AvgIpc) is 3.71. The summed E-state index contributed by atoms with van der Waals surface area (Å²) in [5.41, 5.74) is 8.10. The zero-order valence-electron chi connectivity index (χ0n) is 25.0. The summed E-state index contributed by atoms with van der Waals surface area (Å²) in [6.07, 6.45) is 0.221. The molecule has 0 radical (unpaired) electrons. The maximum Gasteiger partial charge on any atom is 0.303 e. The molecule has 0 bridgehead atoms. The Morgan fingerprint density at radius 2 is 1.87 bits per heavy atom. The number of Topliss-reactive ketones (excluding diaryl/α,β-unsaturated/α-hetero) is 1. The fraction of sp³-hybridized carbons (Fsp3) is 0.290. The lowest BCUT2D eigenvalue weighted by Gasteiger charge is -2.13. The second-order valence-electron chi connectivity index (χ2n) is 10.3. The molecule has 5 aromatic rings. The molecule has 0 unspecified atom stereocenters. The number of carbonyl (C=O) groups excluding carboxylic acids is 3. The van der Waals surface area contributed by atoms with Gasteiger partial charge in [-0.3, -0.25) is 29.2 Å². The van der Waals surface area contributed by atoms with E-state index in [1.54, 1.807) is 47.1 Å². The topological polar surface area (TPSA) is 181 Å². The molecule has 13 nitrogen and oxygen atoms in total. The molecule has 0 aliphatic carbocycles. The van der Waals surface area contributed by atoms with Crippen LogP contribution in [0, 0.1) is 6.92 Å². The van der Waals surface area contributed by atoms with Gasteiger partial charge in [0.05, 0.1) is 41.7 Å². The number of ketones is 1. The van der Waals surface area contributed by atoms with Crippen LogP contribution in [0.25, 0.3) is 21.1 Å². The number of rotatable bonds is 14. The monoisotopic (exact) mass is 632 g/mol. The fourth-order valence-corrected chi connectivity index (χ4v) is 5.99. The van der Waals surface area contributed by atoms with Crippen LogP contribution in [0.5, 0.6) is 11.5 Å². The van der Waals surface area contributed by atoms with E-state index in [9.17, 15) is 19.2 Å². The van der Waals surface area contributed by atoms with Gasteiger partial charge in [-0.05, 0) is 62.1 Å². The van der Waals surface area contributed by atoms with Crippen molar-refractivity contribution in [3.63, 3.8) is 0 Å². The fourth-order valence-electron chi connectivity index (χ4n) is 4.95. The molecule has 0 saturated heterocycles. The standard InChI is InChI=1S/C31H32N6O7S/c1-4-37-22(12-17(2)35-37)30(42)34-31-33-20-13-18(29(32)41)6-7-21(20)36(31)10-5-11-44-25-14-19-15-27(23(38)8-9-28(39)40)45-26(19)16-24(25)43-3/h6-7,12-16H,4-5,8-11H2,1-3H3,(H2,32,41)(H,39,40)(H,33,34,42). The van der Waals surface area contributed by atoms with E-state index in [4.69, 9.17) is 20.3 Å². The lowest BCUT2D eigenvalue weighted by atomic mass is 10.1. The molecule has 4 N–H and O–H groups in total. The van der Waals surface area contributed by atoms with E-state index in [0.717, 1.165) is 15.8 Å². The van der Waals surface area contributed by atoms with Crippen molar-refractivity contribution >= 4 is 62.0 Å². The first-order valence-corrected chi connectivity index (χ1v) is 15.0. The molecule has 0 saturated carbocycles. The van der Waals surface area contributed by atoms with Gasteiger partial charge >= 0.3 is 5.97 Å². The van der Waals surface area contributed by atoms with Crippen molar-refractivity contribution in [2.45, 2.75) is 46.2 Å². The molecular formula is C31H32N6O7S. The number of aliphatic carboxylic acids is 1. The Hall–Kier alpha value is -5.24. The second-order valence-corrected chi connectivity index (χ2v) is 11.3. The zero-order valence-corrected chi connectivity index (χ0v) is 25.8. The molecule has 0 aliphatic rings. The third-order valence-electron chi connectivity index (χ3n) is 7.12. The number of methoxy groups -OCH3 is 1.